The molecule has 3 amide bonds. The number of alkyl halides is 1. The van der Waals surface area contributed by atoms with Gasteiger partial charge in [-0.1, -0.05) is 0 Å². The van der Waals surface area contributed by atoms with E-state index in [0.717, 1.165) is 0 Å². The van der Waals surface area contributed by atoms with Gasteiger partial charge in [-0.05, 0) is 20.8 Å². The number of hydrogen-bond donors (Lipinski definition) is 1. The summed E-state index contributed by atoms with van der Waals surface area (Å²) in [4.78, 5) is 38.5. The molecule has 0 spiro atoms. The van der Waals surface area contributed by atoms with Crippen molar-refractivity contribution >= 4 is 29.5 Å². The smallest absolute Gasteiger partial charge is 0.408 e. The van der Waals surface area contributed by atoms with Crippen molar-refractivity contribution in [2.75, 3.05) is 38.6 Å². The predicted octanol–water partition coefficient (Wildman–Crippen LogP) is 0.811. The molecule has 1 fully saturated rings. The zero-order valence-electron chi connectivity index (χ0n) is 13.4. The molecule has 0 bridgehead atoms. The van der Waals surface area contributed by atoms with Crippen molar-refractivity contribution in [1.82, 2.24) is 15.1 Å². The van der Waals surface area contributed by atoms with E-state index in [4.69, 9.17) is 16.3 Å². The molecule has 1 aliphatic heterocycles. The van der Waals surface area contributed by atoms with Crippen LogP contribution in [0.1, 0.15) is 27.2 Å². The van der Waals surface area contributed by atoms with E-state index in [1.165, 1.54) is 0 Å². The minimum Gasteiger partial charge on any atom is -0.444 e. The molecule has 0 atom stereocenters. The minimum absolute atomic E-state index is 0.00831. The third kappa shape index (κ3) is 6.51. The van der Waals surface area contributed by atoms with Gasteiger partial charge in [0.05, 0.1) is 0 Å². The second kappa shape index (κ2) is 8.22. The summed E-state index contributed by atoms with van der Waals surface area (Å²) in [6, 6.07) is 0. The summed E-state index contributed by atoms with van der Waals surface area (Å²) in [5.74, 6) is 0.127. The predicted molar refractivity (Wildman–Crippen MR) is 82.7 cm³/mol. The van der Waals surface area contributed by atoms with Crippen molar-refractivity contribution in [1.29, 1.82) is 0 Å². The fourth-order valence-electron chi connectivity index (χ4n) is 2.02. The Morgan fingerprint density at radius 3 is 2.00 bits per heavy atom. The van der Waals surface area contributed by atoms with Crippen molar-refractivity contribution in [3.8, 4) is 0 Å². The minimum atomic E-state index is -0.614. The molecule has 0 aromatic rings. The Labute approximate surface area is 135 Å². The summed E-state index contributed by atoms with van der Waals surface area (Å²) in [5, 5.41) is 2.44. The van der Waals surface area contributed by atoms with Crippen LogP contribution in [0.25, 0.3) is 0 Å². The number of rotatable bonds is 4. The van der Waals surface area contributed by atoms with Crippen LogP contribution in [-0.4, -0.2) is 71.9 Å². The summed E-state index contributed by atoms with van der Waals surface area (Å²) >= 11 is 5.55. The van der Waals surface area contributed by atoms with Crippen molar-refractivity contribution in [3.05, 3.63) is 0 Å². The van der Waals surface area contributed by atoms with Crippen LogP contribution >= 0.6 is 11.6 Å². The molecule has 1 heterocycles. The van der Waals surface area contributed by atoms with E-state index in [9.17, 15) is 14.4 Å². The summed E-state index contributed by atoms with van der Waals surface area (Å²) in [6.07, 6.45) is -0.299. The van der Waals surface area contributed by atoms with Crippen LogP contribution in [0.15, 0.2) is 0 Å². The van der Waals surface area contributed by atoms with Gasteiger partial charge in [-0.3, -0.25) is 9.59 Å². The Morgan fingerprint density at radius 2 is 1.55 bits per heavy atom. The van der Waals surface area contributed by atoms with Crippen LogP contribution in [0.2, 0.25) is 0 Å². The van der Waals surface area contributed by atoms with E-state index in [0.29, 0.717) is 38.5 Å². The highest BCUT2D eigenvalue weighted by molar-refractivity contribution is 6.18. The number of halogens is 1. The summed E-state index contributed by atoms with van der Waals surface area (Å²) in [5.41, 5.74) is -0.596. The molecular formula is C14H24ClN3O4. The Bertz CT molecular complexity index is 415. The van der Waals surface area contributed by atoms with E-state index in [1.54, 1.807) is 30.6 Å². The summed E-state index contributed by atoms with van der Waals surface area (Å²) in [6.45, 7) is 7.07. The normalized spacial score (nSPS) is 15.5. The average Bonchev–Trinajstić information content (AvgIpc) is 2.43. The fraction of sp³-hybridized carbons (Fsp3) is 0.786. The molecule has 1 aliphatic rings. The third-order valence-corrected chi connectivity index (χ3v) is 3.27. The van der Waals surface area contributed by atoms with Gasteiger partial charge in [0.2, 0.25) is 11.8 Å². The van der Waals surface area contributed by atoms with E-state index in [1.807, 2.05) is 0 Å². The Hall–Kier alpha value is -1.50. The van der Waals surface area contributed by atoms with E-state index in [-0.39, 0.29) is 18.4 Å². The average molecular weight is 334 g/mol. The monoisotopic (exact) mass is 333 g/mol. The first-order chi connectivity index (χ1) is 10.2. The van der Waals surface area contributed by atoms with Crippen molar-refractivity contribution < 1.29 is 19.1 Å². The molecule has 126 valence electrons. The van der Waals surface area contributed by atoms with Gasteiger partial charge < -0.3 is 19.9 Å². The van der Waals surface area contributed by atoms with Crippen molar-refractivity contribution in [3.63, 3.8) is 0 Å². The lowest BCUT2D eigenvalue weighted by Crippen LogP contribution is -2.52. The maximum absolute atomic E-state index is 12.0. The molecule has 8 heteroatoms. The number of nitrogens with one attached hydrogen (secondary N) is 1. The number of ether oxygens (including phenoxy) is 1. The number of alkyl carbamates (subject to hydrolysis) is 1. The molecule has 1 rings (SSSR count). The maximum atomic E-state index is 12.0. The van der Waals surface area contributed by atoms with Gasteiger partial charge in [-0.25, -0.2) is 4.79 Å². The lowest BCUT2D eigenvalue weighted by atomic mass is 10.2. The zero-order chi connectivity index (χ0) is 16.8. The van der Waals surface area contributed by atoms with Crippen molar-refractivity contribution in [2.24, 2.45) is 0 Å². The zero-order valence-corrected chi connectivity index (χ0v) is 14.1. The van der Waals surface area contributed by atoms with Gasteiger partial charge in [0.1, 0.15) is 12.1 Å². The molecular weight excluding hydrogens is 310 g/mol. The number of amides is 3. The molecule has 7 nitrogen and oxygen atoms in total. The van der Waals surface area contributed by atoms with Gasteiger partial charge in [-0.15, -0.1) is 11.6 Å². The number of hydrogen-bond acceptors (Lipinski definition) is 4. The van der Waals surface area contributed by atoms with Gasteiger partial charge >= 0.3 is 6.09 Å². The van der Waals surface area contributed by atoms with Gasteiger partial charge in [0.15, 0.2) is 0 Å². The van der Waals surface area contributed by atoms with Crippen molar-refractivity contribution in [2.45, 2.75) is 32.8 Å². The second-order valence-electron chi connectivity index (χ2n) is 6.06. The number of piperazine rings is 1. The number of carbonyl (C=O) groups is 3. The molecule has 1 N–H and O–H groups in total. The van der Waals surface area contributed by atoms with Crippen LogP contribution in [0.5, 0.6) is 0 Å². The first-order valence-electron chi connectivity index (χ1n) is 7.31. The van der Waals surface area contributed by atoms with Crippen LogP contribution in [0.4, 0.5) is 4.79 Å². The maximum Gasteiger partial charge on any atom is 0.408 e. The lowest BCUT2D eigenvalue weighted by Gasteiger charge is -2.34. The Morgan fingerprint density at radius 1 is 1.05 bits per heavy atom. The van der Waals surface area contributed by atoms with Gasteiger partial charge in [-0.2, -0.15) is 0 Å². The molecule has 0 saturated carbocycles. The van der Waals surface area contributed by atoms with E-state index >= 15 is 0 Å². The molecule has 0 unspecified atom stereocenters. The Kier molecular flexibility index (Phi) is 6.93. The number of carbonyl (C=O) groups excluding carboxylic acids is 3. The first-order valence-corrected chi connectivity index (χ1v) is 7.85. The van der Waals surface area contributed by atoms with E-state index in [2.05, 4.69) is 5.32 Å². The molecule has 1 saturated heterocycles. The highest BCUT2D eigenvalue weighted by atomic mass is 35.5. The topological polar surface area (TPSA) is 79.0 Å². The van der Waals surface area contributed by atoms with Gasteiger partial charge in [0, 0.05) is 38.5 Å². The van der Waals surface area contributed by atoms with E-state index < -0.39 is 11.7 Å². The summed E-state index contributed by atoms with van der Waals surface area (Å²) in [7, 11) is 0. The highest BCUT2D eigenvalue weighted by Gasteiger charge is 2.24. The van der Waals surface area contributed by atoms with Crippen LogP contribution in [0.3, 0.4) is 0 Å². The molecule has 0 aliphatic carbocycles. The highest BCUT2D eigenvalue weighted by Crippen LogP contribution is 2.07. The fourth-order valence-corrected chi connectivity index (χ4v) is 2.18. The second-order valence-corrected chi connectivity index (χ2v) is 6.43. The SMILES string of the molecule is CC(C)(C)OC(=O)NCC(=O)N1CCN(C(=O)CCCl)CC1. The first kappa shape index (κ1) is 18.5. The molecule has 22 heavy (non-hydrogen) atoms. The van der Waals surface area contributed by atoms with Gasteiger partial charge in [0.25, 0.3) is 0 Å². The molecule has 0 radical (unpaired) electrons. The lowest BCUT2D eigenvalue weighted by molar-refractivity contribution is -0.138. The van der Waals surface area contributed by atoms with Crippen LogP contribution in [-0.2, 0) is 14.3 Å². The number of nitrogens with zero attached hydrogens (tertiary/aromatic N) is 2. The molecule has 0 aromatic carbocycles. The van der Waals surface area contributed by atoms with Crippen LogP contribution in [0, 0.1) is 0 Å². The molecule has 0 aromatic heterocycles. The van der Waals surface area contributed by atoms with Crippen LogP contribution < -0.4 is 5.32 Å². The Balaban J connectivity index is 2.31. The third-order valence-electron chi connectivity index (χ3n) is 3.08. The largest absolute Gasteiger partial charge is 0.444 e. The standard InChI is InChI=1S/C14H24ClN3O4/c1-14(2,3)22-13(21)16-10-12(20)18-8-6-17(7-9-18)11(19)4-5-15/h4-10H2,1-3H3,(H,16,21). The quantitative estimate of drug-likeness (QED) is 0.772. The summed E-state index contributed by atoms with van der Waals surface area (Å²) < 4.78 is 5.06.